The molecule has 0 aliphatic heterocycles. The molecule has 0 bridgehead atoms. The number of benzene rings is 2. The van der Waals surface area contributed by atoms with Crippen LogP contribution in [0.1, 0.15) is 36.0 Å². The van der Waals surface area contributed by atoms with E-state index in [1.54, 1.807) is 24.5 Å². The number of ether oxygens (including phenoxy) is 1. The number of rotatable bonds is 6. The molecule has 4 aromatic rings. The summed E-state index contributed by atoms with van der Waals surface area (Å²) < 4.78 is 7.20. The van der Waals surface area contributed by atoms with Crippen molar-refractivity contribution >= 4 is 21.4 Å². The van der Waals surface area contributed by atoms with Gasteiger partial charge in [0.1, 0.15) is 6.61 Å². The molecule has 1 atom stereocenters. The van der Waals surface area contributed by atoms with Crippen LogP contribution in [0.5, 0.6) is 5.88 Å². The van der Waals surface area contributed by atoms with Gasteiger partial charge in [0.05, 0.1) is 18.4 Å². The normalized spacial score (nSPS) is 11.4. The van der Waals surface area contributed by atoms with Crippen LogP contribution in [-0.4, -0.2) is 4.98 Å². The van der Waals surface area contributed by atoms with Crippen molar-refractivity contribution in [2.24, 2.45) is 0 Å². The molecule has 2 heterocycles. The lowest BCUT2D eigenvalue weighted by molar-refractivity contribution is 0.294. The van der Waals surface area contributed by atoms with Gasteiger partial charge in [0.15, 0.2) is 0 Å². The fourth-order valence-electron chi connectivity index (χ4n) is 3.61. The molecule has 0 radical (unpaired) electrons. The van der Waals surface area contributed by atoms with E-state index in [0.717, 1.165) is 11.1 Å². The van der Waals surface area contributed by atoms with E-state index in [2.05, 4.69) is 77.7 Å². The molecule has 152 valence electrons. The van der Waals surface area contributed by atoms with E-state index < -0.39 is 0 Å². The largest absolute Gasteiger partial charge is 0.473 e. The Bertz CT molecular complexity index is 1300. The van der Waals surface area contributed by atoms with Crippen molar-refractivity contribution < 1.29 is 4.74 Å². The quantitative estimate of drug-likeness (QED) is 0.318. The molecule has 4 heteroatoms. The molecule has 0 aliphatic carbocycles. The minimum absolute atomic E-state index is 0.114. The van der Waals surface area contributed by atoms with Gasteiger partial charge in [-0.05, 0) is 53.6 Å². The average molecular weight is 423 g/mol. The first-order chi connectivity index (χ1) is 15.2. The number of fused-ring (bicyclic) bond motifs is 1. The summed E-state index contributed by atoms with van der Waals surface area (Å²) in [5.41, 5.74) is 5.85. The summed E-state index contributed by atoms with van der Waals surface area (Å²) in [6, 6.07) is 20.9. The van der Waals surface area contributed by atoms with Crippen LogP contribution in [0, 0.1) is 30.1 Å². The number of nitrogens with zero attached hydrogens (tertiary/aromatic N) is 2. The molecule has 0 saturated heterocycles. The molecule has 3 nitrogen and oxygen atoms in total. The van der Waals surface area contributed by atoms with Gasteiger partial charge in [0, 0.05) is 27.9 Å². The molecule has 0 aliphatic rings. The maximum absolute atomic E-state index is 8.99. The number of aromatic nitrogens is 1. The highest BCUT2D eigenvalue weighted by molar-refractivity contribution is 7.17. The predicted octanol–water partition coefficient (Wildman–Crippen LogP) is 6.87. The number of thiophene rings is 1. The zero-order valence-corrected chi connectivity index (χ0v) is 18.4. The van der Waals surface area contributed by atoms with Crippen LogP contribution in [0.15, 0.2) is 66.2 Å². The number of pyridine rings is 1. The Morgan fingerprint density at radius 1 is 1.10 bits per heavy atom. The zero-order valence-electron chi connectivity index (χ0n) is 17.6. The van der Waals surface area contributed by atoms with Gasteiger partial charge in [-0.3, -0.25) is 0 Å². The Morgan fingerprint density at radius 3 is 2.71 bits per heavy atom. The summed E-state index contributed by atoms with van der Waals surface area (Å²) in [5.74, 6) is 6.40. The predicted molar refractivity (Wildman–Crippen MR) is 127 cm³/mol. The van der Waals surface area contributed by atoms with Gasteiger partial charge in [0.2, 0.25) is 5.88 Å². The van der Waals surface area contributed by atoms with Crippen LogP contribution in [0.25, 0.3) is 21.2 Å². The Labute approximate surface area is 187 Å². The first-order valence-electron chi connectivity index (χ1n) is 10.1. The van der Waals surface area contributed by atoms with Gasteiger partial charge in [-0.15, -0.1) is 17.3 Å². The third-order valence-electron chi connectivity index (χ3n) is 5.24. The van der Waals surface area contributed by atoms with Gasteiger partial charge >= 0.3 is 0 Å². The lowest BCUT2D eigenvalue weighted by Gasteiger charge is -2.10. The number of nitriles is 1. The molecule has 0 N–H and O–H groups in total. The molecule has 0 saturated carbocycles. The molecule has 4 rings (SSSR count). The minimum atomic E-state index is -0.114. The second-order valence-electron chi connectivity index (χ2n) is 7.32. The van der Waals surface area contributed by atoms with Gasteiger partial charge in [0.25, 0.3) is 0 Å². The zero-order chi connectivity index (χ0) is 21.6. The number of hydrogen-bond donors (Lipinski definition) is 0. The molecule has 31 heavy (non-hydrogen) atoms. The Kier molecular flexibility index (Phi) is 6.32. The summed E-state index contributed by atoms with van der Waals surface area (Å²) in [6.45, 7) is 4.38. The van der Waals surface area contributed by atoms with E-state index >= 15 is 0 Å². The topological polar surface area (TPSA) is 45.9 Å². The van der Waals surface area contributed by atoms with Crippen LogP contribution in [0.4, 0.5) is 0 Å². The maximum atomic E-state index is 8.99. The molecule has 0 unspecified atom stereocenters. The monoisotopic (exact) mass is 422 g/mol. The molecule has 0 spiro atoms. The third-order valence-corrected chi connectivity index (χ3v) is 6.20. The van der Waals surface area contributed by atoms with Crippen LogP contribution >= 0.6 is 11.3 Å². The first-order valence-corrected chi connectivity index (χ1v) is 11.0. The summed E-state index contributed by atoms with van der Waals surface area (Å²) in [4.78, 5) is 4.41. The van der Waals surface area contributed by atoms with Crippen molar-refractivity contribution in [1.82, 2.24) is 4.98 Å². The summed E-state index contributed by atoms with van der Waals surface area (Å²) >= 11 is 1.77. The maximum Gasteiger partial charge on any atom is 0.213 e. The molecular weight excluding hydrogens is 400 g/mol. The molecule has 0 fully saturated rings. The Morgan fingerprint density at radius 2 is 1.97 bits per heavy atom. The second-order valence-corrected chi connectivity index (χ2v) is 8.23. The van der Waals surface area contributed by atoms with E-state index in [1.807, 2.05) is 12.1 Å². The van der Waals surface area contributed by atoms with Crippen molar-refractivity contribution in [3.63, 3.8) is 0 Å². The van der Waals surface area contributed by atoms with E-state index in [1.165, 1.54) is 26.8 Å². The van der Waals surface area contributed by atoms with Crippen LogP contribution in [-0.2, 0) is 6.61 Å². The van der Waals surface area contributed by atoms with Gasteiger partial charge in [-0.25, -0.2) is 4.98 Å². The summed E-state index contributed by atoms with van der Waals surface area (Å²) in [6.07, 6.45) is 2.10. The van der Waals surface area contributed by atoms with E-state index in [4.69, 9.17) is 10.00 Å². The lowest BCUT2D eigenvalue weighted by atomic mass is 9.99. The minimum Gasteiger partial charge on any atom is -0.473 e. The van der Waals surface area contributed by atoms with E-state index in [-0.39, 0.29) is 5.92 Å². The van der Waals surface area contributed by atoms with Gasteiger partial charge in [-0.1, -0.05) is 42.3 Å². The number of hydrogen-bond acceptors (Lipinski definition) is 4. The molecule has 2 aromatic carbocycles. The fourth-order valence-corrected chi connectivity index (χ4v) is 4.55. The lowest BCUT2D eigenvalue weighted by Crippen LogP contribution is -2.00. The smallest absolute Gasteiger partial charge is 0.213 e. The fraction of sp³-hybridized carbons (Fsp3) is 0.185. The van der Waals surface area contributed by atoms with E-state index in [0.29, 0.717) is 18.9 Å². The Hall–Kier alpha value is -3.60. The van der Waals surface area contributed by atoms with Crippen molar-refractivity contribution in [2.45, 2.75) is 32.8 Å². The van der Waals surface area contributed by atoms with Gasteiger partial charge in [-0.2, -0.15) is 5.26 Å². The molecule has 2 aromatic heterocycles. The standard InChI is InChI=1S/C27H22N2OS/c1-3-6-21(13-14-28)22-10-12-27(29-16-22)30-17-20-9-11-26-24(15-20)25(18-31-26)23-8-5-4-7-19(23)2/h4-5,7-12,15-16,18,21H,13,17H2,1-2H3/t21-/m0/s1. The third kappa shape index (κ3) is 4.61. The SMILES string of the molecule is CC#C[C@@H](CC#N)c1ccc(OCc2ccc3scc(-c4ccccc4C)c3c2)nc1. The van der Waals surface area contributed by atoms with Crippen LogP contribution < -0.4 is 4.74 Å². The number of aryl methyl sites for hydroxylation is 1. The van der Waals surface area contributed by atoms with Gasteiger partial charge < -0.3 is 4.74 Å². The summed E-state index contributed by atoms with van der Waals surface area (Å²) in [7, 11) is 0. The molecular formula is C27H22N2OS. The second kappa shape index (κ2) is 9.47. The van der Waals surface area contributed by atoms with E-state index in [9.17, 15) is 0 Å². The van der Waals surface area contributed by atoms with Crippen LogP contribution in [0.2, 0.25) is 0 Å². The van der Waals surface area contributed by atoms with Crippen molar-refractivity contribution in [2.75, 3.05) is 0 Å². The highest BCUT2D eigenvalue weighted by Gasteiger charge is 2.11. The van der Waals surface area contributed by atoms with Crippen LogP contribution in [0.3, 0.4) is 0 Å². The molecule has 0 amide bonds. The van der Waals surface area contributed by atoms with Crippen molar-refractivity contribution in [3.8, 4) is 34.9 Å². The summed E-state index contributed by atoms with van der Waals surface area (Å²) in [5, 5.41) is 12.5. The van der Waals surface area contributed by atoms with Crippen molar-refractivity contribution in [1.29, 1.82) is 5.26 Å². The Balaban J connectivity index is 1.52. The first kappa shape index (κ1) is 20.7. The van der Waals surface area contributed by atoms with Crippen molar-refractivity contribution in [3.05, 3.63) is 82.9 Å². The average Bonchev–Trinajstić information content (AvgIpc) is 3.21. The highest BCUT2D eigenvalue weighted by atomic mass is 32.1. The highest BCUT2D eigenvalue weighted by Crippen LogP contribution is 2.36.